The van der Waals surface area contributed by atoms with Crippen molar-refractivity contribution in [2.75, 3.05) is 31.1 Å². The van der Waals surface area contributed by atoms with E-state index in [2.05, 4.69) is 0 Å². The number of piperidine rings is 1. The van der Waals surface area contributed by atoms with Crippen molar-refractivity contribution in [3.63, 3.8) is 0 Å². The van der Waals surface area contributed by atoms with Gasteiger partial charge in [-0.15, -0.1) is 0 Å². The van der Waals surface area contributed by atoms with E-state index in [9.17, 15) is 19.2 Å². The Labute approximate surface area is 157 Å². The van der Waals surface area contributed by atoms with E-state index in [1.165, 1.54) is 4.90 Å². The zero-order valence-corrected chi connectivity index (χ0v) is 15.1. The average Bonchev–Trinajstić information content (AvgIpc) is 3.12. The molecule has 2 aliphatic heterocycles. The molecule has 0 saturated carbocycles. The molecule has 2 heterocycles. The molecule has 8 heteroatoms. The number of anilines is 1. The first kappa shape index (κ1) is 18.9. The van der Waals surface area contributed by atoms with Gasteiger partial charge in [-0.05, 0) is 43.5 Å². The topological polar surface area (TPSA) is 110 Å². The van der Waals surface area contributed by atoms with Gasteiger partial charge in [-0.3, -0.25) is 14.4 Å². The number of ether oxygens (including phenoxy) is 1. The van der Waals surface area contributed by atoms with Crippen molar-refractivity contribution in [3.05, 3.63) is 29.8 Å². The summed E-state index contributed by atoms with van der Waals surface area (Å²) in [4.78, 5) is 50.6. The van der Waals surface area contributed by atoms with Crippen LogP contribution in [-0.2, 0) is 19.1 Å². The number of amides is 3. The van der Waals surface area contributed by atoms with Gasteiger partial charge >= 0.3 is 5.97 Å². The molecule has 0 aromatic heterocycles. The standard InChI is InChI=1S/C19H23N3O5/c20-18(25)14-3-1-9-21(11-14)17(24)12-27-19(26)13-5-7-15(8-6-13)22-10-2-4-16(22)23/h5-8,14H,1-4,9-12H2,(H2,20,25)/t14-/m1/s1. The summed E-state index contributed by atoms with van der Waals surface area (Å²) in [6.07, 6.45) is 2.74. The van der Waals surface area contributed by atoms with Crippen molar-refractivity contribution in [3.8, 4) is 0 Å². The molecule has 27 heavy (non-hydrogen) atoms. The molecule has 2 N–H and O–H groups in total. The van der Waals surface area contributed by atoms with Gasteiger partial charge in [0.25, 0.3) is 5.91 Å². The molecule has 0 spiro atoms. The summed E-state index contributed by atoms with van der Waals surface area (Å²) >= 11 is 0. The van der Waals surface area contributed by atoms with Crippen molar-refractivity contribution >= 4 is 29.4 Å². The number of nitrogens with zero attached hydrogens (tertiary/aromatic N) is 2. The molecule has 3 amide bonds. The summed E-state index contributed by atoms with van der Waals surface area (Å²) in [7, 11) is 0. The highest BCUT2D eigenvalue weighted by Gasteiger charge is 2.27. The Balaban J connectivity index is 1.52. The Morgan fingerprint density at radius 3 is 2.48 bits per heavy atom. The van der Waals surface area contributed by atoms with Crippen LogP contribution >= 0.6 is 0 Å². The third-order valence-corrected chi connectivity index (χ3v) is 4.99. The zero-order valence-electron chi connectivity index (χ0n) is 15.1. The first-order valence-corrected chi connectivity index (χ1v) is 9.10. The summed E-state index contributed by atoms with van der Waals surface area (Å²) in [6.45, 7) is 1.10. The van der Waals surface area contributed by atoms with E-state index >= 15 is 0 Å². The molecule has 1 aromatic carbocycles. The van der Waals surface area contributed by atoms with Crippen LogP contribution in [-0.4, -0.2) is 54.8 Å². The van der Waals surface area contributed by atoms with E-state index in [1.54, 1.807) is 29.2 Å². The lowest BCUT2D eigenvalue weighted by Crippen LogP contribution is -2.45. The Hall–Kier alpha value is -2.90. The molecule has 0 aliphatic carbocycles. The summed E-state index contributed by atoms with van der Waals surface area (Å²) in [6, 6.07) is 6.56. The van der Waals surface area contributed by atoms with Crippen LogP contribution in [0.2, 0.25) is 0 Å². The molecule has 0 bridgehead atoms. The van der Waals surface area contributed by atoms with Gasteiger partial charge < -0.3 is 20.3 Å². The second-order valence-corrected chi connectivity index (χ2v) is 6.85. The van der Waals surface area contributed by atoms with Crippen LogP contribution in [0.5, 0.6) is 0 Å². The fourth-order valence-corrected chi connectivity index (χ4v) is 3.44. The first-order chi connectivity index (χ1) is 13.0. The minimum atomic E-state index is -0.605. The maximum atomic E-state index is 12.2. The predicted molar refractivity (Wildman–Crippen MR) is 96.8 cm³/mol. The fourth-order valence-electron chi connectivity index (χ4n) is 3.44. The minimum absolute atomic E-state index is 0.0757. The van der Waals surface area contributed by atoms with E-state index in [0.717, 1.165) is 12.1 Å². The highest BCUT2D eigenvalue weighted by atomic mass is 16.5. The van der Waals surface area contributed by atoms with Crippen LogP contribution in [0.25, 0.3) is 0 Å². The second kappa shape index (κ2) is 8.20. The van der Waals surface area contributed by atoms with E-state index in [-0.39, 0.29) is 30.9 Å². The molecule has 0 radical (unpaired) electrons. The number of carbonyl (C=O) groups excluding carboxylic acids is 4. The van der Waals surface area contributed by atoms with Crippen molar-refractivity contribution in [1.82, 2.24) is 4.90 Å². The van der Waals surface area contributed by atoms with Crippen LogP contribution in [0.3, 0.4) is 0 Å². The third-order valence-electron chi connectivity index (χ3n) is 4.99. The Kier molecular flexibility index (Phi) is 5.73. The first-order valence-electron chi connectivity index (χ1n) is 9.10. The van der Waals surface area contributed by atoms with Crippen molar-refractivity contribution in [2.45, 2.75) is 25.7 Å². The molecule has 144 valence electrons. The SMILES string of the molecule is NC(=O)[C@@H]1CCCN(C(=O)COC(=O)c2ccc(N3CCCC3=O)cc2)C1. The lowest BCUT2D eigenvalue weighted by Gasteiger charge is -2.31. The van der Waals surface area contributed by atoms with Crippen LogP contribution in [0.4, 0.5) is 5.69 Å². The zero-order chi connectivity index (χ0) is 19.4. The smallest absolute Gasteiger partial charge is 0.338 e. The molecular formula is C19H23N3O5. The largest absolute Gasteiger partial charge is 0.452 e. The average molecular weight is 373 g/mol. The van der Waals surface area contributed by atoms with Crippen molar-refractivity contribution < 1.29 is 23.9 Å². The fraction of sp³-hybridized carbons (Fsp3) is 0.474. The summed E-state index contributed by atoms with van der Waals surface area (Å²) in [5.41, 5.74) is 6.37. The lowest BCUT2D eigenvalue weighted by atomic mass is 9.97. The molecule has 1 aromatic rings. The van der Waals surface area contributed by atoms with Gasteiger partial charge in [0.15, 0.2) is 6.61 Å². The van der Waals surface area contributed by atoms with Gasteiger partial charge in [0.1, 0.15) is 0 Å². The molecule has 8 nitrogen and oxygen atoms in total. The van der Waals surface area contributed by atoms with E-state index in [1.807, 2.05) is 0 Å². The van der Waals surface area contributed by atoms with Crippen LogP contribution in [0.1, 0.15) is 36.0 Å². The monoisotopic (exact) mass is 373 g/mol. The predicted octanol–water partition coefficient (Wildman–Crippen LogP) is 0.694. The Morgan fingerprint density at radius 1 is 1.11 bits per heavy atom. The number of carbonyl (C=O) groups is 4. The van der Waals surface area contributed by atoms with Crippen LogP contribution in [0, 0.1) is 5.92 Å². The van der Waals surface area contributed by atoms with Crippen LogP contribution in [0.15, 0.2) is 24.3 Å². The van der Waals surface area contributed by atoms with Gasteiger partial charge in [-0.1, -0.05) is 0 Å². The highest BCUT2D eigenvalue weighted by Crippen LogP contribution is 2.22. The van der Waals surface area contributed by atoms with Crippen molar-refractivity contribution in [1.29, 1.82) is 0 Å². The van der Waals surface area contributed by atoms with E-state index < -0.39 is 11.9 Å². The quantitative estimate of drug-likeness (QED) is 0.764. The summed E-state index contributed by atoms with van der Waals surface area (Å²) in [5, 5.41) is 0. The Bertz CT molecular complexity index is 746. The maximum Gasteiger partial charge on any atom is 0.338 e. The highest BCUT2D eigenvalue weighted by molar-refractivity contribution is 5.96. The molecule has 3 rings (SSSR count). The number of primary amides is 1. The number of rotatable bonds is 5. The molecule has 1 atom stereocenters. The molecule has 0 unspecified atom stereocenters. The van der Waals surface area contributed by atoms with Gasteiger partial charge in [-0.2, -0.15) is 0 Å². The van der Waals surface area contributed by atoms with E-state index in [4.69, 9.17) is 10.5 Å². The van der Waals surface area contributed by atoms with E-state index in [0.29, 0.717) is 37.9 Å². The van der Waals surface area contributed by atoms with Gasteiger partial charge in [0.05, 0.1) is 11.5 Å². The Morgan fingerprint density at radius 2 is 1.85 bits per heavy atom. The number of hydrogen-bond donors (Lipinski definition) is 1. The van der Waals surface area contributed by atoms with Gasteiger partial charge in [0, 0.05) is 31.7 Å². The number of nitrogens with two attached hydrogens (primary N) is 1. The summed E-state index contributed by atoms with van der Waals surface area (Å²) < 4.78 is 5.10. The number of esters is 1. The molecule has 2 fully saturated rings. The molecule has 2 saturated heterocycles. The van der Waals surface area contributed by atoms with Crippen molar-refractivity contribution in [2.24, 2.45) is 11.7 Å². The molecular weight excluding hydrogens is 350 g/mol. The number of hydrogen-bond acceptors (Lipinski definition) is 5. The van der Waals surface area contributed by atoms with Gasteiger partial charge in [-0.25, -0.2) is 4.79 Å². The normalized spacial score (nSPS) is 19.9. The lowest BCUT2D eigenvalue weighted by molar-refractivity contribution is -0.137. The second-order valence-electron chi connectivity index (χ2n) is 6.85. The summed E-state index contributed by atoms with van der Waals surface area (Å²) in [5.74, 6) is -1.63. The van der Waals surface area contributed by atoms with Crippen LogP contribution < -0.4 is 10.6 Å². The maximum absolute atomic E-state index is 12.2. The minimum Gasteiger partial charge on any atom is -0.452 e. The number of likely N-dealkylation sites (tertiary alicyclic amines) is 1. The number of benzene rings is 1. The third kappa shape index (κ3) is 4.45. The van der Waals surface area contributed by atoms with Gasteiger partial charge in [0.2, 0.25) is 11.8 Å². The molecule has 2 aliphatic rings.